The van der Waals surface area contributed by atoms with Crippen molar-refractivity contribution in [3.8, 4) is 39.3 Å². The second-order valence-corrected chi connectivity index (χ2v) is 51.4. The second kappa shape index (κ2) is 27.8. The number of aromatic nitrogens is 3. The molecule has 0 amide bonds. The van der Waals surface area contributed by atoms with Crippen LogP contribution in [0.1, 0.15) is 211 Å². The Labute approximate surface area is 727 Å². The van der Waals surface area contributed by atoms with Crippen molar-refractivity contribution in [3.05, 3.63) is 330 Å². The summed E-state index contributed by atoms with van der Waals surface area (Å²) in [5, 5.41) is 7.41. The number of hydrogen-bond donors (Lipinski definition) is 0. The van der Waals surface area contributed by atoms with Crippen molar-refractivity contribution >= 4 is 130 Å². The molecule has 0 unspecified atom stereocenters. The summed E-state index contributed by atoms with van der Waals surface area (Å²) >= 11 is -4.64. The summed E-state index contributed by atoms with van der Waals surface area (Å²) in [6, 6.07) is 114. The molecule has 0 saturated carbocycles. The first-order valence-electron chi connectivity index (χ1n) is 44.4. The number of nitrogens with zero attached hydrogens (tertiary/aromatic N) is 5. The van der Waals surface area contributed by atoms with Crippen LogP contribution in [0.4, 0.5) is 34.1 Å². The molecule has 0 spiro atoms. The Balaban J connectivity index is 1.00. The van der Waals surface area contributed by atoms with Gasteiger partial charge in [-0.05, 0) is 0 Å². The molecule has 0 bridgehead atoms. The molecule has 0 atom stereocenters. The molecule has 14 aromatic carbocycles. The van der Waals surface area contributed by atoms with Crippen LogP contribution in [0.5, 0.6) is 0 Å². The summed E-state index contributed by atoms with van der Waals surface area (Å²) in [4.78, 5) is 5.40. The predicted molar refractivity (Wildman–Crippen MR) is 530 cm³/mol. The van der Waals surface area contributed by atoms with Gasteiger partial charge < -0.3 is 0 Å². The van der Waals surface area contributed by atoms with Crippen LogP contribution in [-0.4, -0.2) is 27.0 Å². The van der Waals surface area contributed by atoms with Crippen LogP contribution in [0.25, 0.3) is 105 Å². The van der Waals surface area contributed by atoms with Gasteiger partial charge in [0.1, 0.15) is 0 Å². The molecule has 0 radical (unpaired) electrons. The summed E-state index contributed by atoms with van der Waals surface area (Å²) in [7, 11) is 0. The number of rotatable bonds is 8. The van der Waals surface area contributed by atoms with Gasteiger partial charge in [-0.15, -0.1) is 0 Å². The van der Waals surface area contributed by atoms with Gasteiger partial charge in [-0.25, -0.2) is 0 Å². The zero-order valence-corrected chi connectivity index (χ0v) is 78.5. The molecule has 5 nitrogen and oxygen atoms in total. The third-order valence-electron chi connectivity index (χ3n) is 27.0. The van der Waals surface area contributed by atoms with Gasteiger partial charge in [0.25, 0.3) is 0 Å². The SMILES string of the molecule is CC(C)(C)c1cc(-c2ccc3c4ccc(-c5cc(C(C)(C)C)cc(C(C)(C)C)c5)cc4n(-c4cc5[c]6c(c4)N(c4ccccc4)c4cc(-n7c8cc(C(C)(C)C)ccc8c8ccc(C(C)(C)C)cc87)cc[c]4[Ge]6([c]4ccccc4)[c]4ccc(-n6c7cc(C(C)(C)C)ccc7c7ccc(C(C)(C)C)cc76)cc4N5c4ccccc4)c3c2)cc(C(C)(C)C)c1. The van der Waals surface area contributed by atoms with Gasteiger partial charge in [-0.1, -0.05) is 83.1 Å². The van der Waals surface area contributed by atoms with Crippen LogP contribution in [0.2, 0.25) is 0 Å². The zero-order valence-electron chi connectivity index (χ0n) is 76.4. The first kappa shape index (κ1) is 80.4. The minimum atomic E-state index is -4.64. The van der Waals surface area contributed by atoms with E-state index in [0.29, 0.717) is 0 Å². The molecule has 0 saturated heterocycles. The van der Waals surface area contributed by atoms with Crippen LogP contribution < -0.4 is 27.4 Å². The van der Waals surface area contributed by atoms with E-state index in [1.165, 1.54) is 161 Å². The molecule has 0 N–H and O–H groups in total. The molecular formula is C116H119GeN5. The average Bonchev–Trinajstić information content (AvgIpc) is 0.695. The number of para-hydroxylation sites is 2. The quantitative estimate of drug-likeness (QED) is 0.141. The van der Waals surface area contributed by atoms with Gasteiger partial charge in [0.2, 0.25) is 0 Å². The standard InChI is InChI=1S/C116H119GeN5/c1-109(2,3)76-42-50-92-93-51-43-77(110(4,5)6)65-101(93)120(100(92)64-76)87-46-54-96-104(68-87)118(85-36-30-26-31-37-85)106-70-89(122-98-60-72(74-56-80(113(13,14)15)62-81(57-74)114(16,17)18)40-48-90(98)91-49-41-73(61-99(91)122)75-58-82(115(19,20)21)63-83(59-75)116(22,23)24)71-107-108(106)117(96,84-34-28-25-29-35-84)97-55-47-88(69-105(97)119(107)86-38-32-27-33-39-86)121-102-66-78(111(7,8)9)44-52-94(102)95-53-45-79(67-103(95)121)112(10,11)12/h25-71H,1-24H3. The molecule has 5 heterocycles. The van der Waals surface area contributed by atoms with Gasteiger partial charge in [0.05, 0.1) is 0 Å². The number of benzene rings is 14. The van der Waals surface area contributed by atoms with Crippen molar-refractivity contribution in [2.75, 3.05) is 9.80 Å². The minimum absolute atomic E-state index is 0.0927. The Morgan fingerprint density at radius 2 is 0.451 bits per heavy atom. The molecule has 0 fully saturated rings. The fourth-order valence-corrected chi connectivity index (χ4v) is 31.0. The monoisotopic (exact) mass is 1660 g/mol. The van der Waals surface area contributed by atoms with E-state index in [-0.39, 0.29) is 43.3 Å². The fraction of sp³-hybridized carbons (Fsp3) is 0.276. The van der Waals surface area contributed by atoms with Crippen molar-refractivity contribution in [3.63, 3.8) is 0 Å². The van der Waals surface area contributed by atoms with E-state index in [0.717, 1.165) is 39.5 Å². The third-order valence-corrected chi connectivity index (χ3v) is 37.3. The molecule has 17 aromatic rings. The molecule has 122 heavy (non-hydrogen) atoms. The Kier molecular flexibility index (Phi) is 18.3. The summed E-state index contributed by atoms with van der Waals surface area (Å²) < 4.78 is 13.4. The van der Waals surface area contributed by atoms with E-state index >= 15 is 0 Å². The normalized spacial score (nSPS) is 14.1. The van der Waals surface area contributed by atoms with Gasteiger partial charge in [-0.3, -0.25) is 0 Å². The van der Waals surface area contributed by atoms with Crippen LogP contribution in [-0.2, 0) is 43.3 Å². The number of fused-ring (bicyclic) bond motifs is 13. The van der Waals surface area contributed by atoms with Crippen molar-refractivity contribution in [2.45, 2.75) is 209 Å². The van der Waals surface area contributed by atoms with Gasteiger partial charge in [0.15, 0.2) is 0 Å². The first-order chi connectivity index (χ1) is 57.5. The van der Waals surface area contributed by atoms with Crippen LogP contribution in [0.15, 0.2) is 285 Å². The summed E-state index contributed by atoms with van der Waals surface area (Å²) in [5.74, 6) is 0. The fourth-order valence-electron chi connectivity index (χ4n) is 19.7. The van der Waals surface area contributed by atoms with E-state index in [2.05, 4.69) is 475 Å². The minimum Gasteiger partial charge on any atom is -0.0561 e. The molecule has 0 aliphatic carbocycles. The summed E-state index contributed by atoms with van der Waals surface area (Å²) in [5.41, 5.74) is 31.9. The summed E-state index contributed by atoms with van der Waals surface area (Å²) in [6.45, 7) is 56.5. The van der Waals surface area contributed by atoms with E-state index in [9.17, 15) is 0 Å². The molecule has 6 heteroatoms. The van der Waals surface area contributed by atoms with E-state index < -0.39 is 13.3 Å². The van der Waals surface area contributed by atoms with Crippen LogP contribution in [0, 0.1) is 0 Å². The van der Waals surface area contributed by atoms with Crippen molar-refractivity contribution < 1.29 is 0 Å². The Hall–Kier alpha value is -11.4. The molecule has 19 rings (SSSR count). The smallest absolute Gasteiger partial charge is 0.0561 e. The third kappa shape index (κ3) is 13.2. The molecule has 612 valence electrons. The topological polar surface area (TPSA) is 21.3 Å². The molecular weight excluding hydrogens is 1540 g/mol. The average molecular weight is 1660 g/mol. The van der Waals surface area contributed by atoms with E-state index in [1.807, 2.05) is 0 Å². The Bertz CT molecular complexity index is 6520. The second-order valence-electron chi connectivity index (χ2n) is 43.7. The predicted octanol–water partition coefficient (Wildman–Crippen LogP) is 29.6. The number of hydrogen-bond acceptors (Lipinski definition) is 2. The Morgan fingerprint density at radius 3 is 0.746 bits per heavy atom. The molecule has 2 aliphatic heterocycles. The van der Waals surface area contributed by atoms with Crippen molar-refractivity contribution in [1.29, 1.82) is 0 Å². The number of anilines is 6. The Morgan fingerprint density at radius 1 is 0.189 bits per heavy atom. The summed E-state index contributed by atoms with van der Waals surface area (Å²) in [6.07, 6.45) is 0. The van der Waals surface area contributed by atoms with Gasteiger partial charge in [-0.2, -0.15) is 0 Å². The van der Waals surface area contributed by atoms with E-state index in [1.54, 1.807) is 0 Å². The zero-order chi connectivity index (χ0) is 86.0. The maximum atomic E-state index is 2.70. The van der Waals surface area contributed by atoms with E-state index in [4.69, 9.17) is 0 Å². The van der Waals surface area contributed by atoms with Crippen LogP contribution >= 0.6 is 0 Å². The molecule has 3 aromatic heterocycles. The van der Waals surface area contributed by atoms with Gasteiger partial charge in [0, 0.05) is 0 Å². The molecule has 2 aliphatic rings. The van der Waals surface area contributed by atoms with Crippen molar-refractivity contribution in [1.82, 2.24) is 13.7 Å². The van der Waals surface area contributed by atoms with Crippen molar-refractivity contribution in [2.24, 2.45) is 0 Å². The van der Waals surface area contributed by atoms with Crippen LogP contribution in [0.3, 0.4) is 0 Å². The van der Waals surface area contributed by atoms with Gasteiger partial charge >= 0.3 is 649 Å². The maximum absolute atomic E-state index is 4.64. The first-order valence-corrected chi connectivity index (χ1v) is 48.6.